The third-order valence-corrected chi connectivity index (χ3v) is 4.16. The molecular formula is C10H13BrFNO2S. The highest BCUT2D eigenvalue weighted by atomic mass is 79.9. The molecule has 0 fully saturated rings. The Morgan fingerprint density at radius 1 is 1.38 bits per heavy atom. The maximum atomic E-state index is 12.7. The van der Waals surface area contributed by atoms with Crippen LogP contribution in [0.1, 0.15) is 6.92 Å². The van der Waals surface area contributed by atoms with E-state index >= 15 is 0 Å². The first kappa shape index (κ1) is 13.6. The summed E-state index contributed by atoms with van der Waals surface area (Å²) in [6.45, 7) is 2.22. The molecule has 1 rings (SSSR count). The second-order valence-electron chi connectivity index (χ2n) is 3.52. The molecule has 0 amide bonds. The van der Waals surface area contributed by atoms with Crippen molar-refractivity contribution in [2.24, 2.45) is 0 Å². The number of hydrogen-bond acceptors (Lipinski definition) is 2. The minimum Gasteiger partial charge on any atom is -0.207 e. The quantitative estimate of drug-likeness (QED) is 0.800. The molecule has 0 spiro atoms. The number of halogens is 2. The second kappa shape index (κ2) is 5.25. The number of alkyl halides is 1. The summed E-state index contributed by atoms with van der Waals surface area (Å²) in [6.07, 6.45) is 0. The molecule has 0 aliphatic heterocycles. The first-order chi connectivity index (χ1) is 7.34. The maximum Gasteiger partial charge on any atom is 0.242 e. The third kappa shape index (κ3) is 3.26. The van der Waals surface area contributed by atoms with Crippen LogP contribution in [0.3, 0.4) is 0 Å². The van der Waals surface area contributed by atoms with E-state index in [-0.39, 0.29) is 9.72 Å². The van der Waals surface area contributed by atoms with Gasteiger partial charge in [0.25, 0.3) is 0 Å². The van der Waals surface area contributed by atoms with Crippen molar-refractivity contribution in [1.29, 1.82) is 0 Å². The molecule has 0 aromatic heterocycles. The normalized spacial score (nSPS) is 14.1. The molecule has 0 heterocycles. The van der Waals surface area contributed by atoms with Crippen LogP contribution in [0.15, 0.2) is 29.2 Å². The molecule has 1 unspecified atom stereocenters. The molecular weight excluding hydrogens is 297 g/mol. The van der Waals surface area contributed by atoms with Gasteiger partial charge in [-0.2, -0.15) is 4.31 Å². The van der Waals surface area contributed by atoms with Crippen LogP contribution >= 0.6 is 15.9 Å². The lowest BCUT2D eigenvalue weighted by Crippen LogP contribution is -2.31. The van der Waals surface area contributed by atoms with Crippen LogP contribution < -0.4 is 0 Å². The van der Waals surface area contributed by atoms with Crippen molar-refractivity contribution in [3.05, 3.63) is 30.1 Å². The molecule has 1 aromatic carbocycles. The number of sulfonamides is 1. The van der Waals surface area contributed by atoms with Crippen LogP contribution in [0.4, 0.5) is 4.39 Å². The molecule has 3 nitrogen and oxygen atoms in total. The van der Waals surface area contributed by atoms with Gasteiger partial charge in [0.15, 0.2) is 0 Å². The number of nitrogens with zero attached hydrogens (tertiary/aromatic N) is 1. The third-order valence-electron chi connectivity index (χ3n) is 2.03. The summed E-state index contributed by atoms with van der Waals surface area (Å²) >= 11 is 3.29. The minimum absolute atomic E-state index is 0.0627. The molecule has 1 atom stereocenters. The van der Waals surface area contributed by atoms with E-state index in [1.807, 2.05) is 6.92 Å². The Bertz CT molecular complexity index is 444. The lowest BCUT2D eigenvalue weighted by Gasteiger charge is -2.18. The zero-order valence-corrected chi connectivity index (χ0v) is 11.4. The van der Waals surface area contributed by atoms with Crippen molar-refractivity contribution >= 4 is 26.0 Å². The van der Waals surface area contributed by atoms with Crippen LogP contribution in [-0.2, 0) is 10.0 Å². The van der Waals surface area contributed by atoms with Crippen molar-refractivity contribution in [2.75, 3.05) is 13.6 Å². The van der Waals surface area contributed by atoms with E-state index in [0.717, 1.165) is 12.1 Å². The summed E-state index contributed by atoms with van der Waals surface area (Å²) in [4.78, 5) is 0.164. The van der Waals surface area contributed by atoms with Crippen LogP contribution in [-0.4, -0.2) is 31.1 Å². The summed E-state index contributed by atoms with van der Waals surface area (Å²) in [7, 11) is -2.02. The van der Waals surface area contributed by atoms with Crippen molar-refractivity contribution in [2.45, 2.75) is 16.6 Å². The van der Waals surface area contributed by atoms with Gasteiger partial charge in [-0.3, -0.25) is 0 Å². The Balaban J connectivity index is 2.97. The SMILES string of the molecule is CC(Br)CN(C)S(=O)(=O)c1ccc(F)cc1. The van der Waals surface area contributed by atoms with Gasteiger partial charge in [0.1, 0.15) is 5.82 Å². The topological polar surface area (TPSA) is 37.4 Å². The minimum atomic E-state index is -3.51. The van der Waals surface area contributed by atoms with E-state index in [4.69, 9.17) is 0 Å². The van der Waals surface area contributed by atoms with Gasteiger partial charge in [0.2, 0.25) is 10.0 Å². The summed E-state index contributed by atoms with van der Waals surface area (Å²) < 4.78 is 37.8. The Morgan fingerprint density at radius 3 is 2.31 bits per heavy atom. The average Bonchev–Trinajstić information content (AvgIpc) is 2.17. The highest BCUT2D eigenvalue weighted by Crippen LogP contribution is 2.16. The first-order valence-corrected chi connectivity index (χ1v) is 7.05. The fourth-order valence-corrected chi connectivity index (χ4v) is 3.12. The number of hydrogen-bond donors (Lipinski definition) is 0. The zero-order valence-electron chi connectivity index (χ0n) is 9.02. The second-order valence-corrected chi connectivity index (χ2v) is 7.13. The van der Waals surface area contributed by atoms with Crippen molar-refractivity contribution in [3.63, 3.8) is 0 Å². The Hall–Kier alpha value is -0.460. The highest BCUT2D eigenvalue weighted by Gasteiger charge is 2.21. The Morgan fingerprint density at radius 2 is 1.88 bits per heavy atom. The number of benzene rings is 1. The van der Waals surface area contributed by atoms with Gasteiger partial charge in [-0.05, 0) is 24.3 Å². The molecule has 0 N–H and O–H groups in total. The van der Waals surface area contributed by atoms with Crippen LogP contribution in [0.25, 0.3) is 0 Å². The lowest BCUT2D eigenvalue weighted by atomic mass is 10.4. The molecule has 0 aliphatic carbocycles. The van der Waals surface area contributed by atoms with Gasteiger partial charge in [0.05, 0.1) is 4.90 Å². The largest absolute Gasteiger partial charge is 0.242 e. The molecule has 0 saturated heterocycles. The Kier molecular flexibility index (Phi) is 4.46. The molecule has 0 aliphatic rings. The molecule has 0 saturated carbocycles. The first-order valence-electron chi connectivity index (χ1n) is 4.70. The van der Waals surface area contributed by atoms with Crippen molar-refractivity contribution < 1.29 is 12.8 Å². The van der Waals surface area contributed by atoms with Gasteiger partial charge in [-0.15, -0.1) is 0 Å². The van der Waals surface area contributed by atoms with Crippen molar-refractivity contribution in [3.8, 4) is 0 Å². The molecule has 16 heavy (non-hydrogen) atoms. The summed E-state index contributed by atoms with van der Waals surface area (Å²) in [5.74, 6) is -0.449. The summed E-state index contributed by atoms with van der Waals surface area (Å²) in [5.41, 5.74) is 0. The predicted molar refractivity (Wildman–Crippen MR) is 64.6 cm³/mol. The molecule has 0 bridgehead atoms. The van der Waals surface area contributed by atoms with Crippen molar-refractivity contribution in [1.82, 2.24) is 4.31 Å². The van der Waals surface area contributed by atoms with Gasteiger partial charge >= 0.3 is 0 Å². The van der Waals surface area contributed by atoms with Gasteiger partial charge in [0, 0.05) is 18.4 Å². The van der Waals surface area contributed by atoms with E-state index in [1.165, 1.54) is 23.5 Å². The fraction of sp³-hybridized carbons (Fsp3) is 0.400. The number of rotatable bonds is 4. The summed E-state index contributed by atoms with van der Waals surface area (Å²) in [6, 6.07) is 4.80. The zero-order chi connectivity index (χ0) is 12.3. The van der Waals surface area contributed by atoms with Crippen LogP contribution in [0, 0.1) is 5.82 Å². The van der Waals surface area contributed by atoms with Crippen LogP contribution in [0.5, 0.6) is 0 Å². The van der Waals surface area contributed by atoms with Crippen LogP contribution in [0.2, 0.25) is 0 Å². The van der Waals surface area contributed by atoms with E-state index < -0.39 is 15.8 Å². The molecule has 90 valence electrons. The van der Waals surface area contributed by atoms with E-state index in [9.17, 15) is 12.8 Å². The van der Waals surface area contributed by atoms with Gasteiger partial charge in [-0.1, -0.05) is 22.9 Å². The molecule has 6 heteroatoms. The molecule has 0 radical (unpaired) electrons. The fourth-order valence-electron chi connectivity index (χ4n) is 1.24. The lowest BCUT2D eigenvalue weighted by molar-refractivity contribution is 0.473. The monoisotopic (exact) mass is 309 g/mol. The summed E-state index contributed by atoms with van der Waals surface area (Å²) in [5, 5.41) is 0. The van der Waals surface area contributed by atoms with Gasteiger partial charge < -0.3 is 0 Å². The average molecular weight is 310 g/mol. The smallest absolute Gasteiger partial charge is 0.207 e. The predicted octanol–water partition coefficient (Wildman–Crippen LogP) is 2.23. The van der Waals surface area contributed by atoms with Gasteiger partial charge in [-0.25, -0.2) is 12.8 Å². The van der Waals surface area contributed by atoms with E-state index in [1.54, 1.807) is 0 Å². The highest BCUT2D eigenvalue weighted by molar-refractivity contribution is 9.09. The van der Waals surface area contributed by atoms with E-state index in [0.29, 0.717) is 6.54 Å². The Labute approximate surface area is 103 Å². The standard InChI is InChI=1S/C10H13BrFNO2S/c1-8(11)7-13(2)16(14,15)10-5-3-9(12)4-6-10/h3-6,8H,7H2,1-2H3. The molecule has 1 aromatic rings. The van der Waals surface area contributed by atoms with E-state index in [2.05, 4.69) is 15.9 Å². The maximum absolute atomic E-state index is 12.7.